The Kier molecular flexibility index (Phi) is 4.20. The Bertz CT molecular complexity index is 383. The third-order valence-electron chi connectivity index (χ3n) is 2.40. The second kappa shape index (κ2) is 5.23. The van der Waals surface area contributed by atoms with Gasteiger partial charge in [0.15, 0.2) is 17.4 Å². The molecule has 0 aliphatic heterocycles. The van der Waals surface area contributed by atoms with Crippen molar-refractivity contribution in [2.75, 3.05) is 13.2 Å². The maximum Gasteiger partial charge on any atom is 0.190 e. The molecule has 0 aliphatic carbocycles. The fourth-order valence-corrected chi connectivity index (χ4v) is 1.50. The van der Waals surface area contributed by atoms with Crippen LogP contribution < -0.4 is 16.2 Å². The van der Waals surface area contributed by atoms with E-state index in [1.54, 1.807) is 6.92 Å². The highest BCUT2D eigenvalue weighted by atomic mass is 19.1. The Labute approximate surface area is 93.4 Å². The van der Waals surface area contributed by atoms with Crippen molar-refractivity contribution in [2.24, 2.45) is 11.5 Å². The molecule has 0 saturated carbocycles. The molecule has 0 bridgehead atoms. The summed E-state index contributed by atoms with van der Waals surface area (Å²) in [6.45, 7) is 3.53. The van der Waals surface area contributed by atoms with Gasteiger partial charge in [-0.1, -0.05) is 0 Å². The van der Waals surface area contributed by atoms with E-state index in [1.807, 2.05) is 0 Å². The molecular formula is C11H16F2N2O. The van der Waals surface area contributed by atoms with Crippen molar-refractivity contribution < 1.29 is 13.5 Å². The van der Waals surface area contributed by atoms with Crippen LogP contribution in [0.1, 0.15) is 24.1 Å². The second-order valence-corrected chi connectivity index (χ2v) is 3.49. The van der Waals surface area contributed by atoms with E-state index in [0.717, 1.165) is 0 Å². The van der Waals surface area contributed by atoms with Gasteiger partial charge in [-0.25, -0.2) is 8.78 Å². The predicted octanol–water partition coefficient (Wildman–Crippen LogP) is 1.63. The molecule has 16 heavy (non-hydrogen) atoms. The quantitative estimate of drug-likeness (QED) is 0.826. The summed E-state index contributed by atoms with van der Waals surface area (Å²) in [4.78, 5) is 0. The van der Waals surface area contributed by atoms with Crippen LogP contribution in [0.5, 0.6) is 5.75 Å². The van der Waals surface area contributed by atoms with Crippen molar-refractivity contribution in [1.82, 2.24) is 0 Å². The van der Waals surface area contributed by atoms with Crippen LogP contribution in [0.15, 0.2) is 6.07 Å². The van der Waals surface area contributed by atoms with E-state index >= 15 is 0 Å². The van der Waals surface area contributed by atoms with E-state index < -0.39 is 17.7 Å². The minimum atomic E-state index is -0.746. The van der Waals surface area contributed by atoms with E-state index in [1.165, 1.54) is 13.0 Å². The molecule has 1 aromatic carbocycles. The largest absolute Gasteiger partial charge is 0.488 e. The Morgan fingerprint density at radius 1 is 1.44 bits per heavy atom. The van der Waals surface area contributed by atoms with Crippen molar-refractivity contribution in [3.05, 3.63) is 28.8 Å². The monoisotopic (exact) mass is 230 g/mol. The number of nitrogens with two attached hydrogens (primary N) is 2. The summed E-state index contributed by atoms with van der Waals surface area (Å²) < 4.78 is 32.2. The minimum Gasteiger partial charge on any atom is -0.488 e. The molecule has 3 nitrogen and oxygen atoms in total. The standard InChI is InChI=1S/C11H16F2N2O/c1-3-16-11-8(12)4-7(9(15)5-14)6(2)10(11)13/h4,9H,3,5,14-15H2,1-2H3. The smallest absolute Gasteiger partial charge is 0.190 e. The van der Waals surface area contributed by atoms with Gasteiger partial charge in [0.05, 0.1) is 6.61 Å². The molecule has 0 aliphatic rings. The zero-order valence-electron chi connectivity index (χ0n) is 9.39. The van der Waals surface area contributed by atoms with Crippen LogP contribution >= 0.6 is 0 Å². The van der Waals surface area contributed by atoms with Gasteiger partial charge in [0, 0.05) is 12.6 Å². The molecule has 1 unspecified atom stereocenters. The van der Waals surface area contributed by atoms with Gasteiger partial charge in [0.2, 0.25) is 0 Å². The van der Waals surface area contributed by atoms with Crippen molar-refractivity contribution in [1.29, 1.82) is 0 Å². The normalized spacial score (nSPS) is 12.6. The van der Waals surface area contributed by atoms with Crippen LogP contribution in [0, 0.1) is 18.6 Å². The van der Waals surface area contributed by atoms with Crippen LogP contribution in [0.3, 0.4) is 0 Å². The van der Waals surface area contributed by atoms with Crippen LogP contribution in [0.4, 0.5) is 8.78 Å². The van der Waals surface area contributed by atoms with Gasteiger partial charge in [0.1, 0.15) is 0 Å². The Morgan fingerprint density at radius 3 is 2.56 bits per heavy atom. The van der Waals surface area contributed by atoms with Crippen LogP contribution in [-0.4, -0.2) is 13.2 Å². The average molecular weight is 230 g/mol. The van der Waals surface area contributed by atoms with Crippen LogP contribution in [0.25, 0.3) is 0 Å². The Morgan fingerprint density at radius 2 is 2.06 bits per heavy atom. The summed E-state index contributed by atoms with van der Waals surface area (Å²) in [6.07, 6.45) is 0. The van der Waals surface area contributed by atoms with Gasteiger partial charge < -0.3 is 16.2 Å². The number of hydrogen-bond acceptors (Lipinski definition) is 3. The molecule has 4 N–H and O–H groups in total. The molecule has 0 aromatic heterocycles. The second-order valence-electron chi connectivity index (χ2n) is 3.49. The molecule has 0 saturated heterocycles. The third kappa shape index (κ3) is 2.31. The van der Waals surface area contributed by atoms with E-state index in [0.29, 0.717) is 5.56 Å². The number of rotatable bonds is 4. The summed E-state index contributed by atoms with van der Waals surface area (Å²) in [5.74, 6) is -1.81. The lowest BCUT2D eigenvalue weighted by Crippen LogP contribution is -2.22. The summed E-state index contributed by atoms with van der Waals surface area (Å²) in [6, 6.07) is 0.612. The highest BCUT2D eigenvalue weighted by Crippen LogP contribution is 2.29. The number of benzene rings is 1. The van der Waals surface area contributed by atoms with Gasteiger partial charge in [-0.05, 0) is 31.0 Å². The Hall–Kier alpha value is -1.20. The third-order valence-corrected chi connectivity index (χ3v) is 2.40. The SMILES string of the molecule is CCOc1c(F)cc(C(N)CN)c(C)c1F. The predicted molar refractivity (Wildman–Crippen MR) is 58.2 cm³/mol. The zero-order chi connectivity index (χ0) is 12.3. The summed E-state index contributed by atoms with van der Waals surface area (Å²) in [7, 11) is 0. The lowest BCUT2D eigenvalue weighted by molar-refractivity contribution is 0.301. The lowest BCUT2D eigenvalue weighted by Gasteiger charge is -2.16. The summed E-state index contributed by atoms with van der Waals surface area (Å²) >= 11 is 0. The molecule has 0 heterocycles. The van der Waals surface area contributed by atoms with Crippen molar-refractivity contribution in [2.45, 2.75) is 19.9 Å². The molecule has 0 radical (unpaired) electrons. The van der Waals surface area contributed by atoms with Crippen molar-refractivity contribution >= 4 is 0 Å². The molecule has 1 aromatic rings. The molecule has 1 rings (SSSR count). The van der Waals surface area contributed by atoms with Crippen LogP contribution in [-0.2, 0) is 0 Å². The molecule has 0 amide bonds. The minimum absolute atomic E-state index is 0.133. The fraction of sp³-hybridized carbons (Fsp3) is 0.455. The number of hydrogen-bond donors (Lipinski definition) is 2. The van der Waals surface area contributed by atoms with Crippen molar-refractivity contribution in [3.63, 3.8) is 0 Å². The van der Waals surface area contributed by atoms with Crippen LogP contribution in [0.2, 0.25) is 0 Å². The molecule has 0 spiro atoms. The molecule has 90 valence electrons. The van der Waals surface area contributed by atoms with E-state index in [-0.39, 0.29) is 24.5 Å². The molecule has 5 heteroatoms. The first-order valence-corrected chi connectivity index (χ1v) is 5.09. The fourth-order valence-electron chi connectivity index (χ4n) is 1.50. The van der Waals surface area contributed by atoms with Gasteiger partial charge in [0.25, 0.3) is 0 Å². The van der Waals surface area contributed by atoms with Gasteiger partial charge in [-0.2, -0.15) is 0 Å². The topological polar surface area (TPSA) is 61.3 Å². The highest BCUT2D eigenvalue weighted by Gasteiger charge is 2.19. The first-order chi connectivity index (χ1) is 7.52. The van der Waals surface area contributed by atoms with E-state index in [4.69, 9.17) is 16.2 Å². The summed E-state index contributed by atoms with van der Waals surface area (Å²) in [5, 5.41) is 0. The average Bonchev–Trinajstić information content (AvgIpc) is 2.28. The van der Waals surface area contributed by atoms with Gasteiger partial charge in [-0.15, -0.1) is 0 Å². The zero-order valence-corrected chi connectivity index (χ0v) is 9.39. The molecule has 0 fully saturated rings. The highest BCUT2D eigenvalue weighted by molar-refractivity contribution is 5.39. The van der Waals surface area contributed by atoms with Gasteiger partial charge >= 0.3 is 0 Å². The number of halogens is 2. The molecule has 1 atom stereocenters. The summed E-state index contributed by atoms with van der Waals surface area (Å²) in [5.41, 5.74) is 11.7. The first-order valence-electron chi connectivity index (χ1n) is 5.09. The Balaban J connectivity index is 3.27. The maximum absolute atomic E-state index is 13.7. The van der Waals surface area contributed by atoms with Crippen molar-refractivity contribution in [3.8, 4) is 5.75 Å². The molecular weight excluding hydrogens is 214 g/mol. The number of ether oxygens (including phenoxy) is 1. The first kappa shape index (κ1) is 12.9. The maximum atomic E-state index is 13.7. The van der Waals surface area contributed by atoms with Gasteiger partial charge in [-0.3, -0.25) is 0 Å². The lowest BCUT2D eigenvalue weighted by atomic mass is 10.0. The van der Waals surface area contributed by atoms with E-state index in [9.17, 15) is 8.78 Å². The van der Waals surface area contributed by atoms with E-state index in [2.05, 4.69) is 0 Å².